The smallest absolute Gasteiger partial charge is 0.220 e. The molecule has 0 saturated carbocycles. The zero-order valence-electron chi connectivity index (χ0n) is 13.7. The predicted molar refractivity (Wildman–Crippen MR) is 89.2 cm³/mol. The summed E-state index contributed by atoms with van der Waals surface area (Å²) in [5.41, 5.74) is 0. The third-order valence-electron chi connectivity index (χ3n) is 3.95. The summed E-state index contributed by atoms with van der Waals surface area (Å²) in [5.74, 6) is 0.857. The highest BCUT2D eigenvalue weighted by Crippen LogP contribution is 2.21. The first-order chi connectivity index (χ1) is 10.1. The average Bonchev–Trinajstić information content (AvgIpc) is 2.49. The molecule has 130 valence electrons. The number of nitrogens with zero attached hydrogens (tertiary/aromatic N) is 1. The Morgan fingerprint density at radius 3 is 2.45 bits per heavy atom. The molecule has 1 fully saturated rings. The topological polar surface area (TPSA) is 70.7 Å². The fourth-order valence-corrected chi connectivity index (χ4v) is 2.55. The van der Waals surface area contributed by atoms with Crippen LogP contribution in [0.15, 0.2) is 0 Å². The normalized spacial score (nSPS) is 15.3. The van der Waals surface area contributed by atoms with Crippen LogP contribution in [0.3, 0.4) is 0 Å². The van der Waals surface area contributed by atoms with Crippen LogP contribution in [-0.4, -0.2) is 63.2 Å². The molecule has 2 amide bonds. The van der Waals surface area contributed by atoms with E-state index in [1.807, 2.05) is 4.90 Å². The summed E-state index contributed by atoms with van der Waals surface area (Å²) in [5, 5.41) is 6.10. The van der Waals surface area contributed by atoms with Gasteiger partial charge in [0, 0.05) is 53.2 Å². The Bertz CT molecular complexity index is 321. The van der Waals surface area contributed by atoms with Crippen LogP contribution in [0, 0.1) is 5.92 Å². The zero-order valence-corrected chi connectivity index (χ0v) is 14.5. The van der Waals surface area contributed by atoms with Crippen LogP contribution in [0.4, 0.5) is 0 Å². The number of hydrogen-bond acceptors (Lipinski definition) is 4. The van der Waals surface area contributed by atoms with Crippen molar-refractivity contribution in [2.45, 2.75) is 32.6 Å². The number of hydrogen-bond donors (Lipinski definition) is 2. The van der Waals surface area contributed by atoms with Crippen LogP contribution in [-0.2, 0) is 14.3 Å². The van der Waals surface area contributed by atoms with Gasteiger partial charge in [-0.2, -0.15) is 0 Å². The second-order valence-corrected chi connectivity index (χ2v) is 5.58. The standard InChI is InChI=1S/C15H29N3O3.ClH/c1-13(19)18-10-5-14(6-11-18)3-4-15(20)17-8-7-16-9-12-21-2;/h14,16H,3-12H2,1-2H3,(H,17,20);1H. The molecule has 0 aromatic rings. The third kappa shape index (κ3) is 9.23. The summed E-state index contributed by atoms with van der Waals surface area (Å²) in [6.45, 7) is 6.22. The lowest BCUT2D eigenvalue weighted by Gasteiger charge is -2.31. The fourth-order valence-electron chi connectivity index (χ4n) is 2.55. The van der Waals surface area contributed by atoms with Crippen molar-refractivity contribution in [2.75, 3.05) is 46.4 Å². The van der Waals surface area contributed by atoms with Crippen LogP contribution < -0.4 is 10.6 Å². The molecule has 0 spiro atoms. The first kappa shape index (κ1) is 21.1. The lowest BCUT2D eigenvalue weighted by Crippen LogP contribution is -2.37. The maximum atomic E-state index is 11.7. The van der Waals surface area contributed by atoms with Crippen LogP contribution in [0.25, 0.3) is 0 Å². The number of amides is 2. The summed E-state index contributed by atoms with van der Waals surface area (Å²) in [7, 11) is 1.67. The number of carbonyl (C=O) groups excluding carboxylic acids is 2. The highest BCUT2D eigenvalue weighted by atomic mass is 35.5. The van der Waals surface area contributed by atoms with E-state index in [1.54, 1.807) is 14.0 Å². The number of ether oxygens (including phenoxy) is 1. The summed E-state index contributed by atoms with van der Waals surface area (Å²) in [6.07, 6.45) is 3.55. The van der Waals surface area contributed by atoms with E-state index in [-0.39, 0.29) is 24.2 Å². The number of halogens is 1. The summed E-state index contributed by atoms with van der Waals surface area (Å²) >= 11 is 0. The maximum absolute atomic E-state index is 11.7. The number of likely N-dealkylation sites (tertiary alicyclic amines) is 1. The molecule has 22 heavy (non-hydrogen) atoms. The first-order valence-electron chi connectivity index (χ1n) is 7.85. The summed E-state index contributed by atoms with van der Waals surface area (Å²) in [6, 6.07) is 0. The van der Waals surface area contributed by atoms with Gasteiger partial charge in [0.15, 0.2) is 0 Å². The van der Waals surface area contributed by atoms with Crippen molar-refractivity contribution in [1.29, 1.82) is 0 Å². The molecule has 1 aliphatic heterocycles. The van der Waals surface area contributed by atoms with Crippen molar-refractivity contribution in [2.24, 2.45) is 5.92 Å². The van der Waals surface area contributed by atoms with Gasteiger partial charge in [0.25, 0.3) is 0 Å². The van der Waals surface area contributed by atoms with Gasteiger partial charge in [0.2, 0.25) is 11.8 Å². The third-order valence-corrected chi connectivity index (χ3v) is 3.95. The molecular formula is C15H30ClN3O3. The van der Waals surface area contributed by atoms with E-state index in [0.717, 1.165) is 45.4 Å². The highest BCUT2D eigenvalue weighted by Gasteiger charge is 2.20. The molecule has 7 heteroatoms. The second kappa shape index (κ2) is 12.7. The van der Waals surface area contributed by atoms with Gasteiger partial charge in [-0.1, -0.05) is 0 Å². The second-order valence-electron chi connectivity index (χ2n) is 5.58. The van der Waals surface area contributed by atoms with Crippen molar-refractivity contribution in [3.8, 4) is 0 Å². The molecule has 6 nitrogen and oxygen atoms in total. The van der Waals surface area contributed by atoms with Gasteiger partial charge in [-0.3, -0.25) is 9.59 Å². The van der Waals surface area contributed by atoms with Crippen LogP contribution >= 0.6 is 12.4 Å². The van der Waals surface area contributed by atoms with E-state index < -0.39 is 0 Å². The van der Waals surface area contributed by atoms with Crippen LogP contribution in [0.1, 0.15) is 32.6 Å². The summed E-state index contributed by atoms with van der Waals surface area (Å²) < 4.78 is 4.92. The molecule has 0 bridgehead atoms. The molecule has 1 saturated heterocycles. The number of nitrogens with one attached hydrogen (secondary N) is 2. The Morgan fingerprint density at radius 1 is 1.18 bits per heavy atom. The molecule has 0 radical (unpaired) electrons. The predicted octanol–water partition coefficient (Wildman–Crippen LogP) is 0.799. The minimum atomic E-state index is 0. The molecule has 0 unspecified atom stereocenters. The van der Waals surface area contributed by atoms with Crippen molar-refractivity contribution < 1.29 is 14.3 Å². The number of rotatable bonds is 9. The number of carbonyl (C=O) groups is 2. The molecule has 0 aliphatic carbocycles. The van der Waals surface area contributed by atoms with Gasteiger partial charge in [-0.25, -0.2) is 0 Å². The quantitative estimate of drug-likeness (QED) is 0.611. The SMILES string of the molecule is COCCNCCNC(=O)CCC1CCN(C(C)=O)CC1.Cl. The largest absolute Gasteiger partial charge is 0.383 e. The Hall–Kier alpha value is -0.850. The van der Waals surface area contributed by atoms with E-state index >= 15 is 0 Å². The van der Waals surface area contributed by atoms with Gasteiger partial charge < -0.3 is 20.3 Å². The molecule has 2 N–H and O–H groups in total. The molecule has 0 atom stereocenters. The minimum Gasteiger partial charge on any atom is -0.383 e. The zero-order chi connectivity index (χ0) is 15.5. The Labute approximate surface area is 139 Å². The molecular weight excluding hydrogens is 306 g/mol. The molecule has 1 aliphatic rings. The number of piperidine rings is 1. The van der Waals surface area contributed by atoms with Gasteiger partial charge in [0.1, 0.15) is 0 Å². The maximum Gasteiger partial charge on any atom is 0.220 e. The van der Waals surface area contributed by atoms with E-state index in [0.29, 0.717) is 25.5 Å². The van der Waals surface area contributed by atoms with Crippen molar-refractivity contribution >= 4 is 24.2 Å². The minimum absolute atomic E-state index is 0. The Kier molecular flexibility index (Phi) is 12.2. The highest BCUT2D eigenvalue weighted by molar-refractivity contribution is 5.85. The molecule has 1 heterocycles. The first-order valence-corrected chi connectivity index (χ1v) is 7.85. The molecule has 1 rings (SSSR count). The Balaban J connectivity index is 0.00000441. The van der Waals surface area contributed by atoms with Crippen LogP contribution in [0.5, 0.6) is 0 Å². The van der Waals surface area contributed by atoms with Crippen molar-refractivity contribution in [3.05, 3.63) is 0 Å². The van der Waals surface area contributed by atoms with Gasteiger partial charge in [-0.15, -0.1) is 12.4 Å². The van der Waals surface area contributed by atoms with Crippen LogP contribution in [0.2, 0.25) is 0 Å². The van der Waals surface area contributed by atoms with E-state index in [1.165, 1.54) is 0 Å². The van der Waals surface area contributed by atoms with E-state index in [2.05, 4.69) is 10.6 Å². The fraction of sp³-hybridized carbons (Fsp3) is 0.867. The van der Waals surface area contributed by atoms with Gasteiger partial charge in [-0.05, 0) is 25.2 Å². The van der Waals surface area contributed by atoms with Gasteiger partial charge in [0.05, 0.1) is 6.61 Å². The number of methoxy groups -OCH3 is 1. The monoisotopic (exact) mass is 335 g/mol. The summed E-state index contributed by atoms with van der Waals surface area (Å²) in [4.78, 5) is 24.8. The lowest BCUT2D eigenvalue weighted by atomic mass is 9.92. The van der Waals surface area contributed by atoms with Crippen molar-refractivity contribution in [3.63, 3.8) is 0 Å². The molecule has 0 aromatic heterocycles. The molecule has 0 aromatic carbocycles. The lowest BCUT2D eigenvalue weighted by molar-refractivity contribution is -0.130. The van der Waals surface area contributed by atoms with Gasteiger partial charge >= 0.3 is 0 Å². The van der Waals surface area contributed by atoms with E-state index in [4.69, 9.17) is 4.74 Å². The van der Waals surface area contributed by atoms with Crippen molar-refractivity contribution in [1.82, 2.24) is 15.5 Å². The average molecular weight is 336 g/mol. The Morgan fingerprint density at radius 2 is 1.86 bits per heavy atom. The van der Waals surface area contributed by atoms with E-state index in [9.17, 15) is 9.59 Å².